The highest BCUT2D eigenvalue weighted by molar-refractivity contribution is 5.79. The molecule has 128 valence electrons. The van der Waals surface area contributed by atoms with Crippen molar-refractivity contribution in [3.05, 3.63) is 0 Å². The number of aliphatic hydroxyl groups excluding tert-OH is 1. The fourth-order valence-corrected chi connectivity index (χ4v) is 1.76. The quantitative estimate of drug-likeness (QED) is 0.543. The van der Waals surface area contributed by atoms with E-state index in [1.54, 1.807) is 0 Å². The van der Waals surface area contributed by atoms with Gasteiger partial charge in [-0.15, -0.1) is 11.8 Å². The van der Waals surface area contributed by atoms with E-state index < -0.39 is 0 Å². The molecule has 0 aromatic heterocycles. The molecule has 0 unspecified atom stereocenters. The molecular weight excluding hydrogens is 296 g/mol. The first-order valence-electron chi connectivity index (χ1n) is 8.76. The van der Waals surface area contributed by atoms with Crippen molar-refractivity contribution in [2.75, 3.05) is 6.61 Å². The number of carbonyl (C=O) groups is 1. The number of hydrogen-bond acceptors (Lipinski definition) is 2. The van der Waals surface area contributed by atoms with Crippen LogP contribution in [0.5, 0.6) is 0 Å². The second-order valence-electron chi connectivity index (χ2n) is 5.31. The summed E-state index contributed by atoms with van der Waals surface area (Å²) in [6.07, 6.45) is 9.31. The van der Waals surface area contributed by atoms with Crippen molar-refractivity contribution >= 4 is 5.78 Å². The molecule has 0 saturated carbocycles. The Morgan fingerprint density at radius 3 is 1.62 bits per heavy atom. The van der Waals surface area contributed by atoms with E-state index in [0.29, 0.717) is 25.7 Å². The fourth-order valence-electron chi connectivity index (χ4n) is 1.76. The number of unbranched alkanes of at least 4 members (excludes halogenated alkanes) is 5. The smallest absolute Gasteiger partial charge is 0.158 e. The van der Waals surface area contributed by atoms with Crippen molar-refractivity contribution in [1.29, 1.82) is 0 Å². The summed E-state index contributed by atoms with van der Waals surface area (Å²) in [4.78, 5) is 10.9. The predicted octanol–water partition coefficient (Wildman–Crippen LogP) is 3.87. The lowest BCUT2D eigenvalue weighted by atomic mass is 10.1. The highest BCUT2D eigenvalue weighted by Crippen LogP contribution is 1.99. The van der Waals surface area contributed by atoms with Crippen LogP contribution in [0.25, 0.3) is 0 Å². The highest BCUT2D eigenvalue weighted by Gasteiger charge is 1.96. The van der Waals surface area contributed by atoms with E-state index in [9.17, 15) is 4.79 Å². The zero-order chi connectivity index (χ0) is 17.7. The minimum atomic E-state index is -0.351. The van der Waals surface area contributed by atoms with Gasteiger partial charge in [-0.2, -0.15) is 0 Å². The van der Waals surface area contributed by atoms with E-state index in [1.165, 1.54) is 19.3 Å². The minimum Gasteiger partial charge on any atom is -0.389 e. The lowest BCUT2D eigenvalue weighted by Gasteiger charge is -1.93. The van der Waals surface area contributed by atoms with Gasteiger partial charge in [-0.05, 0) is 19.3 Å². The van der Waals surface area contributed by atoms with Crippen LogP contribution < -0.4 is 0 Å². The van der Waals surface area contributed by atoms with Gasteiger partial charge in [0.05, 0.1) is 19.3 Å². The molecule has 0 aromatic carbocycles. The molecule has 24 heavy (non-hydrogen) atoms. The van der Waals surface area contributed by atoms with Crippen molar-refractivity contribution in [2.45, 2.75) is 77.6 Å². The maximum Gasteiger partial charge on any atom is 0.158 e. The maximum atomic E-state index is 10.9. The summed E-state index contributed by atoms with van der Waals surface area (Å²) in [5, 5.41) is 8.57. The molecule has 0 spiro atoms. The number of aliphatic hydroxyl groups is 1. The van der Waals surface area contributed by atoms with Crippen molar-refractivity contribution in [3.8, 4) is 47.4 Å². The Kier molecular flexibility index (Phi) is 17.2. The summed E-state index contributed by atoms with van der Waals surface area (Å²) in [5.41, 5.74) is 0. The summed E-state index contributed by atoms with van der Waals surface area (Å²) in [6.45, 7) is 1.84. The molecule has 0 amide bonds. The molecule has 0 fully saturated rings. The molecule has 0 atom stereocenters. The Hall–Kier alpha value is -2.13. The van der Waals surface area contributed by atoms with Crippen LogP contribution in [0, 0.1) is 47.4 Å². The van der Waals surface area contributed by atoms with Gasteiger partial charge in [0.1, 0.15) is 6.61 Å². The average molecular weight is 324 g/mol. The van der Waals surface area contributed by atoms with E-state index in [1.807, 2.05) is 0 Å². The normalized spacial score (nSPS) is 8.42. The molecule has 0 aliphatic rings. The third kappa shape index (κ3) is 17.9. The molecular formula is C22H28O2. The molecule has 0 saturated heterocycles. The molecule has 2 heteroatoms. The summed E-state index contributed by atoms with van der Waals surface area (Å²) in [5.74, 6) is 24.1. The van der Waals surface area contributed by atoms with Gasteiger partial charge in [0.2, 0.25) is 0 Å². The summed E-state index contributed by atoms with van der Waals surface area (Å²) in [7, 11) is 0. The van der Waals surface area contributed by atoms with Gasteiger partial charge in [-0.3, -0.25) is 4.79 Å². The highest BCUT2D eigenvalue weighted by atomic mass is 16.3. The van der Waals surface area contributed by atoms with E-state index in [4.69, 9.17) is 5.11 Å². The number of ketones is 1. The maximum absolute atomic E-state index is 10.9. The lowest BCUT2D eigenvalue weighted by Crippen LogP contribution is -2.02. The van der Waals surface area contributed by atoms with Crippen LogP contribution in [0.3, 0.4) is 0 Å². The van der Waals surface area contributed by atoms with Crippen molar-refractivity contribution < 1.29 is 9.90 Å². The van der Waals surface area contributed by atoms with Crippen LogP contribution in [0.15, 0.2) is 0 Å². The Morgan fingerprint density at radius 2 is 1.17 bits per heavy atom. The zero-order valence-corrected chi connectivity index (χ0v) is 14.8. The van der Waals surface area contributed by atoms with Crippen LogP contribution in [0.4, 0.5) is 0 Å². The largest absolute Gasteiger partial charge is 0.389 e. The predicted molar refractivity (Wildman–Crippen MR) is 99.7 cm³/mol. The molecule has 0 aliphatic heterocycles. The number of Topliss-reactive ketones (excluding diaryl/α,β-unsaturated/α-hetero) is 1. The topological polar surface area (TPSA) is 37.3 Å². The van der Waals surface area contributed by atoms with E-state index in [0.717, 1.165) is 25.7 Å². The first-order chi connectivity index (χ1) is 11.8. The van der Waals surface area contributed by atoms with E-state index in [-0.39, 0.29) is 12.4 Å². The van der Waals surface area contributed by atoms with Gasteiger partial charge < -0.3 is 5.11 Å². The number of rotatable bonds is 8. The third-order valence-corrected chi connectivity index (χ3v) is 3.12. The molecule has 0 aliphatic carbocycles. The summed E-state index contributed by atoms with van der Waals surface area (Å²) >= 11 is 0. The van der Waals surface area contributed by atoms with Crippen LogP contribution in [-0.2, 0) is 4.79 Å². The average Bonchev–Trinajstić information content (AvgIpc) is 2.60. The van der Waals surface area contributed by atoms with Crippen LogP contribution in [-0.4, -0.2) is 17.5 Å². The SMILES string of the molecule is CCCCCC#CCC#CCC#CCC#CCCCCC(=O)CO. The molecule has 1 N–H and O–H groups in total. The Labute approximate surface area is 147 Å². The Balaban J connectivity index is 3.57. The van der Waals surface area contributed by atoms with Crippen LogP contribution in [0.1, 0.15) is 77.6 Å². The lowest BCUT2D eigenvalue weighted by molar-refractivity contribution is -0.121. The van der Waals surface area contributed by atoms with Crippen LogP contribution in [0.2, 0.25) is 0 Å². The third-order valence-electron chi connectivity index (χ3n) is 3.12. The van der Waals surface area contributed by atoms with Gasteiger partial charge in [-0.1, -0.05) is 55.3 Å². The Bertz CT molecular complexity index is 570. The van der Waals surface area contributed by atoms with Gasteiger partial charge in [0.25, 0.3) is 0 Å². The van der Waals surface area contributed by atoms with E-state index in [2.05, 4.69) is 54.3 Å². The van der Waals surface area contributed by atoms with Gasteiger partial charge in [0.15, 0.2) is 5.78 Å². The summed E-state index contributed by atoms with van der Waals surface area (Å²) < 4.78 is 0. The number of hydrogen-bond donors (Lipinski definition) is 1. The fraction of sp³-hybridized carbons (Fsp3) is 0.591. The van der Waals surface area contributed by atoms with Crippen molar-refractivity contribution in [3.63, 3.8) is 0 Å². The molecule has 0 heterocycles. The molecule has 0 bridgehead atoms. The van der Waals surface area contributed by atoms with Crippen molar-refractivity contribution in [1.82, 2.24) is 0 Å². The van der Waals surface area contributed by atoms with Crippen LogP contribution >= 0.6 is 0 Å². The van der Waals surface area contributed by atoms with Gasteiger partial charge >= 0.3 is 0 Å². The van der Waals surface area contributed by atoms with Gasteiger partial charge in [0, 0.05) is 19.3 Å². The molecule has 2 nitrogen and oxygen atoms in total. The summed E-state index contributed by atoms with van der Waals surface area (Å²) in [6, 6.07) is 0. The van der Waals surface area contributed by atoms with Crippen molar-refractivity contribution in [2.24, 2.45) is 0 Å². The first-order valence-corrected chi connectivity index (χ1v) is 8.76. The second kappa shape index (κ2) is 18.9. The van der Waals surface area contributed by atoms with E-state index >= 15 is 0 Å². The minimum absolute atomic E-state index is 0.0996. The molecule has 0 aromatic rings. The van der Waals surface area contributed by atoms with Gasteiger partial charge in [-0.25, -0.2) is 0 Å². The number of carbonyl (C=O) groups excluding carboxylic acids is 1. The molecule has 0 rings (SSSR count). The standard InChI is InChI=1S/C22H28O2/c1-2-3-4-5-6-7-8-9-10-11-12-13-14-15-16-17-18-19-20-22(24)21-23/h23H,2-5,8,11,14,17-21H2,1H3. The zero-order valence-electron chi connectivity index (χ0n) is 14.8. The monoisotopic (exact) mass is 324 g/mol. The molecule has 0 radical (unpaired) electrons. The second-order valence-corrected chi connectivity index (χ2v) is 5.31. The first kappa shape index (κ1) is 21.9. The Morgan fingerprint density at radius 1 is 0.708 bits per heavy atom.